The second-order valence-corrected chi connectivity index (χ2v) is 17.1. The van der Waals surface area contributed by atoms with Crippen LogP contribution in [-0.2, 0) is 5.41 Å². The largest absolute Gasteiger partial charge is 0.135 e. The van der Waals surface area contributed by atoms with Gasteiger partial charge in [0.15, 0.2) is 0 Å². The zero-order chi connectivity index (χ0) is 37.1. The summed E-state index contributed by atoms with van der Waals surface area (Å²) < 4.78 is 2.71. The second kappa shape index (κ2) is 11.7. The molecule has 0 nitrogen and oxygen atoms in total. The van der Waals surface area contributed by atoms with E-state index in [-0.39, 0.29) is 5.41 Å². The minimum atomic E-state index is -0.00743. The SMILES string of the molecule is CC1(C)c2ccccc2-c2cc3sc4cc5cc(-c6cccc(-c7c8ccccc8c(-c8ccc9ccccc9c8)c8ccccc78)c6)ccc5cc4c3cc21. The third-order valence-electron chi connectivity index (χ3n) is 12.6. The number of benzene rings is 10. The Morgan fingerprint density at radius 3 is 1.62 bits per heavy atom. The van der Waals surface area contributed by atoms with Gasteiger partial charge < -0.3 is 0 Å². The number of thiophene rings is 1. The molecule has 1 aromatic heterocycles. The van der Waals surface area contributed by atoms with Crippen LogP contribution in [0.25, 0.3) is 108 Å². The molecule has 56 heavy (non-hydrogen) atoms. The maximum atomic E-state index is 2.48. The highest BCUT2D eigenvalue weighted by atomic mass is 32.1. The Balaban J connectivity index is 0.993. The molecule has 0 radical (unpaired) electrons. The van der Waals surface area contributed by atoms with Crippen molar-refractivity contribution in [1.29, 1.82) is 0 Å². The van der Waals surface area contributed by atoms with Crippen LogP contribution in [-0.4, -0.2) is 0 Å². The zero-order valence-corrected chi connectivity index (χ0v) is 32.0. The van der Waals surface area contributed by atoms with E-state index in [4.69, 9.17) is 0 Å². The van der Waals surface area contributed by atoms with E-state index in [1.54, 1.807) is 0 Å². The molecule has 0 unspecified atom stereocenters. The van der Waals surface area contributed by atoms with Crippen LogP contribution < -0.4 is 0 Å². The Morgan fingerprint density at radius 2 is 0.857 bits per heavy atom. The highest BCUT2D eigenvalue weighted by molar-refractivity contribution is 7.26. The average Bonchev–Trinajstić information content (AvgIpc) is 3.70. The van der Waals surface area contributed by atoms with E-state index in [1.165, 1.54) is 119 Å². The van der Waals surface area contributed by atoms with Crippen LogP contribution in [0.5, 0.6) is 0 Å². The summed E-state index contributed by atoms with van der Waals surface area (Å²) >= 11 is 1.92. The second-order valence-electron chi connectivity index (χ2n) is 16.1. The lowest BCUT2D eigenvalue weighted by atomic mass is 9.82. The van der Waals surface area contributed by atoms with Crippen molar-refractivity contribution in [3.8, 4) is 44.5 Å². The molecule has 12 rings (SSSR count). The maximum Gasteiger partial charge on any atom is 0.0361 e. The molecular weight excluding hydrogens is 693 g/mol. The Morgan fingerprint density at radius 1 is 0.321 bits per heavy atom. The van der Waals surface area contributed by atoms with Gasteiger partial charge in [0.25, 0.3) is 0 Å². The van der Waals surface area contributed by atoms with Gasteiger partial charge in [-0.05, 0) is 141 Å². The van der Waals surface area contributed by atoms with E-state index >= 15 is 0 Å². The molecule has 0 amide bonds. The lowest BCUT2D eigenvalue weighted by molar-refractivity contribution is 0.661. The molecule has 262 valence electrons. The van der Waals surface area contributed by atoms with Crippen molar-refractivity contribution < 1.29 is 0 Å². The fraction of sp³-hybridized carbons (Fsp3) is 0.0545. The Bertz CT molecular complexity index is 3390. The first-order valence-electron chi connectivity index (χ1n) is 19.6. The molecule has 10 aromatic carbocycles. The van der Waals surface area contributed by atoms with E-state index in [2.05, 4.69) is 196 Å². The van der Waals surface area contributed by atoms with Gasteiger partial charge in [0.2, 0.25) is 0 Å². The van der Waals surface area contributed by atoms with Crippen molar-refractivity contribution in [3.05, 3.63) is 193 Å². The van der Waals surface area contributed by atoms with Crippen molar-refractivity contribution in [1.82, 2.24) is 0 Å². The molecule has 1 aliphatic carbocycles. The molecule has 0 N–H and O–H groups in total. The van der Waals surface area contributed by atoms with Crippen molar-refractivity contribution in [2.75, 3.05) is 0 Å². The maximum absolute atomic E-state index is 2.48. The van der Waals surface area contributed by atoms with Crippen molar-refractivity contribution in [2.24, 2.45) is 0 Å². The summed E-state index contributed by atoms with van der Waals surface area (Å²) in [5.41, 5.74) is 13.1. The van der Waals surface area contributed by atoms with Crippen LogP contribution in [0, 0.1) is 0 Å². The standard InChI is InChI=1S/C55H36S/c1-55(2)49-21-10-9-16-41(49)46-32-52-48(31-50(46)55)47-29-37-24-23-36(28-40(37)30-51(47)56-52)35-14-11-15-38(27-35)53-42-17-5-7-19-44(42)54(45-20-8-6-18-43(45)53)39-25-22-33-12-3-4-13-34(33)26-39/h3-32H,1-2H3. The molecule has 0 fully saturated rings. The van der Waals surface area contributed by atoms with E-state index < -0.39 is 0 Å². The van der Waals surface area contributed by atoms with Gasteiger partial charge in [-0.1, -0.05) is 153 Å². The summed E-state index contributed by atoms with van der Waals surface area (Å²) in [6, 6.07) is 68.3. The van der Waals surface area contributed by atoms with Gasteiger partial charge in [0.1, 0.15) is 0 Å². The molecule has 0 atom stereocenters. The summed E-state index contributed by atoms with van der Waals surface area (Å²) in [5, 5.41) is 12.9. The monoisotopic (exact) mass is 728 g/mol. The number of rotatable bonds is 3. The van der Waals surface area contributed by atoms with Crippen molar-refractivity contribution in [3.63, 3.8) is 0 Å². The molecular formula is C55H36S. The molecule has 0 saturated heterocycles. The summed E-state index contributed by atoms with van der Waals surface area (Å²) in [6.45, 7) is 4.74. The van der Waals surface area contributed by atoms with E-state index in [9.17, 15) is 0 Å². The van der Waals surface area contributed by atoms with Crippen molar-refractivity contribution in [2.45, 2.75) is 19.3 Å². The summed E-state index contributed by atoms with van der Waals surface area (Å²) in [6.07, 6.45) is 0. The molecule has 0 bridgehead atoms. The van der Waals surface area contributed by atoms with Crippen LogP contribution in [0.3, 0.4) is 0 Å². The predicted octanol–water partition coefficient (Wildman–Crippen LogP) is 16.0. The van der Waals surface area contributed by atoms with E-state index in [0.717, 1.165) is 0 Å². The molecule has 1 heterocycles. The summed E-state index contributed by atoms with van der Waals surface area (Å²) in [7, 11) is 0. The normalized spacial score (nSPS) is 13.3. The third-order valence-corrected chi connectivity index (χ3v) is 13.7. The fourth-order valence-corrected chi connectivity index (χ4v) is 11.0. The first kappa shape index (κ1) is 31.8. The van der Waals surface area contributed by atoms with E-state index in [0.29, 0.717) is 0 Å². The fourth-order valence-electron chi connectivity index (χ4n) is 9.84. The summed E-state index contributed by atoms with van der Waals surface area (Å²) in [4.78, 5) is 0. The molecule has 1 heteroatoms. The Labute approximate surface area is 329 Å². The first-order chi connectivity index (χ1) is 27.5. The minimum Gasteiger partial charge on any atom is -0.135 e. The predicted molar refractivity (Wildman–Crippen MR) is 243 cm³/mol. The lowest BCUT2D eigenvalue weighted by Crippen LogP contribution is -2.14. The highest BCUT2D eigenvalue weighted by Crippen LogP contribution is 2.52. The van der Waals surface area contributed by atoms with Gasteiger partial charge in [-0.3, -0.25) is 0 Å². The minimum absolute atomic E-state index is 0.00743. The highest BCUT2D eigenvalue weighted by Gasteiger charge is 2.35. The molecule has 0 aliphatic heterocycles. The quantitative estimate of drug-likeness (QED) is 0.159. The molecule has 0 saturated carbocycles. The Hall–Kier alpha value is -6.54. The van der Waals surface area contributed by atoms with Gasteiger partial charge >= 0.3 is 0 Å². The molecule has 1 aliphatic rings. The van der Waals surface area contributed by atoms with Crippen LogP contribution in [0.4, 0.5) is 0 Å². The molecule has 0 spiro atoms. The van der Waals surface area contributed by atoms with Crippen LogP contribution in [0.2, 0.25) is 0 Å². The number of hydrogen-bond donors (Lipinski definition) is 0. The number of fused-ring (bicyclic) bond motifs is 10. The van der Waals surface area contributed by atoms with Gasteiger partial charge in [-0.25, -0.2) is 0 Å². The Kier molecular flexibility index (Phi) is 6.66. The number of hydrogen-bond acceptors (Lipinski definition) is 1. The van der Waals surface area contributed by atoms with E-state index in [1.807, 2.05) is 11.3 Å². The van der Waals surface area contributed by atoms with Gasteiger partial charge in [-0.2, -0.15) is 0 Å². The average molecular weight is 729 g/mol. The van der Waals surface area contributed by atoms with Gasteiger partial charge in [0.05, 0.1) is 0 Å². The third kappa shape index (κ3) is 4.59. The topological polar surface area (TPSA) is 0 Å². The van der Waals surface area contributed by atoms with Crippen molar-refractivity contribution >= 4 is 74.6 Å². The van der Waals surface area contributed by atoms with Gasteiger partial charge in [0, 0.05) is 25.6 Å². The van der Waals surface area contributed by atoms with Crippen LogP contribution >= 0.6 is 11.3 Å². The zero-order valence-electron chi connectivity index (χ0n) is 31.2. The molecule has 11 aromatic rings. The summed E-state index contributed by atoms with van der Waals surface area (Å²) in [5.74, 6) is 0. The van der Waals surface area contributed by atoms with Crippen LogP contribution in [0.15, 0.2) is 182 Å². The smallest absolute Gasteiger partial charge is 0.0361 e. The van der Waals surface area contributed by atoms with Crippen LogP contribution in [0.1, 0.15) is 25.0 Å². The lowest BCUT2D eigenvalue weighted by Gasteiger charge is -2.21. The first-order valence-corrected chi connectivity index (χ1v) is 20.4. The van der Waals surface area contributed by atoms with Gasteiger partial charge in [-0.15, -0.1) is 11.3 Å².